The largest absolute Gasteiger partial charge is 0.497 e. The molecule has 0 fully saturated rings. The third-order valence-corrected chi connectivity index (χ3v) is 7.67. The van der Waals surface area contributed by atoms with Crippen LogP contribution < -0.4 is 14.8 Å². The first-order valence-electron chi connectivity index (χ1n) is 13.3. The molecule has 2 amide bonds. The first kappa shape index (κ1) is 29.1. The zero-order valence-corrected chi connectivity index (χ0v) is 24.2. The third kappa shape index (κ3) is 7.85. The van der Waals surface area contributed by atoms with Crippen LogP contribution in [0, 0.1) is 19.8 Å². The maximum atomic E-state index is 14.0. The summed E-state index contributed by atoms with van der Waals surface area (Å²) in [7, 11) is 3.22. The fraction of sp³-hybridized carbons (Fsp3) is 0.355. The second kappa shape index (κ2) is 14.0. The first-order chi connectivity index (χ1) is 19.4. The normalized spacial score (nSPS) is 15.2. The number of hydrogen-bond acceptors (Lipinski definition) is 7. The average Bonchev–Trinajstić information content (AvgIpc) is 2.96. The lowest BCUT2D eigenvalue weighted by atomic mass is 9.86. The van der Waals surface area contributed by atoms with Crippen LogP contribution in [-0.4, -0.2) is 52.7 Å². The Morgan fingerprint density at radius 2 is 1.60 bits per heavy atom. The van der Waals surface area contributed by atoms with Gasteiger partial charge in [-0.2, -0.15) is 0 Å². The van der Waals surface area contributed by atoms with E-state index in [1.807, 2.05) is 44.2 Å². The Hall–Kier alpha value is -3.85. The van der Waals surface area contributed by atoms with Crippen molar-refractivity contribution in [3.05, 3.63) is 83.7 Å². The standard InChI is InChI=1S/C31H36N4O4S/c1-21-18-22(2)33-31(32-21)40-20-28(36)35(19-23-10-14-26(38-3)15-11-23)29(24-8-6-5-7-9-24)30(37)34-25-12-16-27(39-4)17-13-25/h5-6,10-18,24,29H,7-9,19-20H2,1-4H3,(H,34,37)/t24-,29+/m0/s1. The molecule has 1 aliphatic rings. The van der Waals surface area contributed by atoms with Crippen LogP contribution in [0.2, 0.25) is 0 Å². The number of ether oxygens (including phenoxy) is 2. The molecule has 1 heterocycles. The van der Waals surface area contributed by atoms with Gasteiger partial charge in [-0.1, -0.05) is 36.0 Å². The molecule has 2 atom stereocenters. The summed E-state index contributed by atoms with van der Waals surface area (Å²) in [4.78, 5) is 38.6. The Bertz CT molecular complexity index is 1310. The maximum Gasteiger partial charge on any atom is 0.247 e. The van der Waals surface area contributed by atoms with Crippen LogP contribution in [0.3, 0.4) is 0 Å². The van der Waals surface area contributed by atoms with Crippen molar-refractivity contribution in [2.24, 2.45) is 5.92 Å². The number of nitrogens with zero attached hydrogens (tertiary/aromatic N) is 3. The number of aromatic nitrogens is 2. The number of allylic oxidation sites excluding steroid dienone is 2. The third-order valence-electron chi connectivity index (χ3n) is 6.84. The van der Waals surface area contributed by atoms with E-state index in [1.165, 1.54) is 11.8 Å². The summed E-state index contributed by atoms with van der Waals surface area (Å²) >= 11 is 1.29. The van der Waals surface area contributed by atoms with E-state index in [1.54, 1.807) is 43.4 Å². The molecule has 210 valence electrons. The highest BCUT2D eigenvalue weighted by Gasteiger charge is 2.36. The number of hydrogen-bond donors (Lipinski definition) is 1. The van der Waals surface area contributed by atoms with E-state index in [2.05, 4.69) is 27.4 Å². The minimum Gasteiger partial charge on any atom is -0.497 e. The van der Waals surface area contributed by atoms with Gasteiger partial charge in [0.2, 0.25) is 11.8 Å². The van der Waals surface area contributed by atoms with Crippen molar-refractivity contribution in [1.82, 2.24) is 14.9 Å². The maximum absolute atomic E-state index is 14.0. The Labute approximate surface area is 240 Å². The lowest BCUT2D eigenvalue weighted by molar-refractivity contribution is -0.139. The molecule has 8 nitrogen and oxygen atoms in total. The Morgan fingerprint density at radius 1 is 0.975 bits per heavy atom. The molecule has 0 spiro atoms. The van der Waals surface area contributed by atoms with Crippen molar-refractivity contribution >= 4 is 29.3 Å². The van der Waals surface area contributed by atoms with E-state index in [0.29, 0.717) is 16.6 Å². The van der Waals surface area contributed by atoms with E-state index in [4.69, 9.17) is 9.47 Å². The van der Waals surface area contributed by atoms with Gasteiger partial charge in [-0.3, -0.25) is 9.59 Å². The molecule has 1 N–H and O–H groups in total. The summed E-state index contributed by atoms with van der Waals surface area (Å²) in [6.45, 7) is 4.11. The van der Waals surface area contributed by atoms with Crippen molar-refractivity contribution in [3.63, 3.8) is 0 Å². The summed E-state index contributed by atoms with van der Waals surface area (Å²) in [6, 6.07) is 16.0. The second-order valence-corrected chi connectivity index (χ2v) is 10.7. The number of carbonyl (C=O) groups is 2. The summed E-state index contributed by atoms with van der Waals surface area (Å²) < 4.78 is 10.6. The summed E-state index contributed by atoms with van der Waals surface area (Å²) in [5.74, 6) is 1.18. The van der Waals surface area contributed by atoms with Gasteiger partial charge >= 0.3 is 0 Å². The topological polar surface area (TPSA) is 93.7 Å². The van der Waals surface area contributed by atoms with Gasteiger partial charge in [0.1, 0.15) is 17.5 Å². The van der Waals surface area contributed by atoms with Gasteiger partial charge in [0.05, 0.1) is 20.0 Å². The smallest absolute Gasteiger partial charge is 0.247 e. The highest BCUT2D eigenvalue weighted by Crippen LogP contribution is 2.29. The SMILES string of the molecule is COc1ccc(CN(C(=O)CSc2nc(C)cc(C)n2)[C@@H](C(=O)Nc2ccc(OC)cc2)[C@H]2CC=CCC2)cc1. The van der Waals surface area contributed by atoms with Gasteiger partial charge < -0.3 is 19.7 Å². The predicted molar refractivity (Wildman–Crippen MR) is 158 cm³/mol. The first-order valence-corrected chi connectivity index (χ1v) is 14.3. The molecule has 2 aromatic carbocycles. The molecule has 0 unspecified atom stereocenters. The molecular formula is C31H36N4O4S. The van der Waals surface area contributed by atoms with Crippen LogP contribution >= 0.6 is 11.8 Å². The highest BCUT2D eigenvalue weighted by molar-refractivity contribution is 7.99. The fourth-order valence-corrected chi connectivity index (χ4v) is 5.68. The van der Waals surface area contributed by atoms with E-state index in [9.17, 15) is 9.59 Å². The van der Waals surface area contributed by atoms with Crippen molar-refractivity contribution < 1.29 is 19.1 Å². The number of anilines is 1. The average molecular weight is 561 g/mol. The van der Waals surface area contributed by atoms with Crippen LogP contribution in [0.4, 0.5) is 5.69 Å². The molecule has 1 aromatic heterocycles. The lowest BCUT2D eigenvalue weighted by Crippen LogP contribution is -2.51. The molecule has 9 heteroatoms. The molecular weight excluding hydrogens is 524 g/mol. The van der Waals surface area contributed by atoms with Gasteiger partial charge in [-0.15, -0.1) is 0 Å². The number of rotatable bonds is 11. The zero-order valence-electron chi connectivity index (χ0n) is 23.4. The number of aryl methyl sites for hydroxylation is 2. The van der Waals surface area contributed by atoms with Gasteiger partial charge in [0.25, 0.3) is 0 Å². The minimum absolute atomic E-state index is 0.0205. The van der Waals surface area contributed by atoms with E-state index in [-0.39, 0.29) is 30.0 Å². The summed E-state index contributed by atoms with van der Waals surface area (Å²) in [5, 5.41) is 3.61. The number of amides is 2. The molecule has 0 radical (unpaired) electrons. The van der Waals surface area contributed by atoms with Gasteiger partial charge in [0, 0.05) is 23.6 Å². The fourth-order valence-electron chi connectivity index (χ4n) is 4.84. The van der Waals surface area contributed by atoms with Crippen molar-refractivity contribution in [2.75, 3.05) is 25.3 Å². The molecule has 0 bridgehead atoms. The van der Waals surface area contributed by atoms with E-state index >= 15 is 0 Å². The number of nitrogens with one attached hydrogen (secondary N) is 1. The molecule has 0 saturated carbocycles. The number of methoxy groups -OCH3 is 2. The second-order valence-electron chi connectivity index (χ2n) is 9.80. The molecule has 0 aliphatic heterocycles. The number of carbonyl (C=O) groups excluding carboxylic acids is 2. The van der Waals surface area contributed by atoms with Crippen molar-refractivity contribution in [3.8, 4) is 11.5 Å². The Morgan fingerprint density at radius 3 is 2.17 bits per heavy atom. The van der Waals surface area contributed by atoms with Gasteiger partial charge in [0.15, 0.2) is 5.16 Å². The van der Waals surface area contributed by atoms with Crippen LogP contribution in [-0.2, 0) is 16.1 Å². The van der Waals surface area contributed by atoms with Crippen molar-refractivity contribution in [1.29, 1.82) is 0 Å². The highest BCUT2D eigenvalue weighted by atomic mass is 32.2. The zero-order chi connectivity index (χ0) is 28.5. The van der Waals surface area contributed by atoms with Crippen LogP contribution in [0.5, 0.6) is 11.5 Å². The van der Waals surface area contributed by atoms with Gasteiger partial charge in [-0.25, -0.2) is 9.97 Å². The number of thioether (sulfide) groups is 1. The molecule has 0 saturated heterocycles. The monoisotopic (exact) mass is 560 g/mol. The summed E-state index contributed by atoms with van der Waals surface area (Å²) in [6.07, 6.45) is 6.65. The lowest BCUT2D eigenvalue weighted by Gasteiger charge is -2.37. The molecule has 40 heavy (non-hydrogen) atoms. The van der Waals surface area contributed by atoms with E-state index < -0.39 is 6.04 Å². The summed E-state index contributed by atoms with van der Waals surface area (Å²) in [5.41, 5.74) is 3.26. The van der Waals surface area contributed by atoms with E-state index in [0.717, 1.165) is 42.0 Å². The van der Waals surface area contributed by atoms with Crippen molar-refractivity contribution in [2.45, 2.75) is 50.9 Å². The quantitative estimate of drug-likeness (QED) is 0.185. The minimum atomic E-state index is -0.664. The molecule has 4 rings (SSSR count). The molecule has 3 aromatic rings. The predicted octanol–water partition coefficient (Wildman–Crippen LogP) is 5.60. The van der Waals surface area contributed by atoms with Crippen LogP contribution in [0.25, 0.3) is 0 Å². The van der Waals surface area contributed by atoms with Gasteiger partial charge in [-0.05, 0) is 87.1 Å². The Kier molecular flexibility index (Phi) is 10.2. The Balaban J connectivity index is 1.64. The molecule has 1 aliphatic carbocycles. The van der Waals surface area contributed by atoms with Crippen LogP contribution in [0.1, 0.15) is 36.2 Å². The van der Waals surface area contributed by atoms with Crippen LogP contribution in [0.15, 0.2) is 71.9 Å². The number of benzene rings is 2.